The second-order valence-corrected chi connectivity index (χ2v) is 18.5. The van der Waals surface area contributed by atoms with E-state index >= 15 is 0 Å². The van der Waals surface area contributed by atoms with E-state index in [-0.39, 0.29) is 23.0 Å². The van der Waals surface area contributed by atoms with Gasteiger partial charge in [0.25, 0.3) is 0 Å². The lowest BCUT2D eigenvalue weighted by Gasteiger charge is -2.38. The van der Waals surface area contributed by atoms with Gasteiger partial charge >= 0.3 is 0 Å². The number of hydrogen-bond acceptors (Lipinski definition) is 9. The molecule has 0 unspecified atom stereocenters. The summed E-state index contributed by atoms with van der Waals surface area (Å²) in [7, 11) is -7.33. The van der Waals surface area contributed by atoms with Gasteiger partial charge < -0.3 is 25.0 Å². The highest BCUT2D eigenvalue weighted by atomic mass is 32.2. The molecule has 0 radical (unpaired) electrons. The van der Waals surface area contributed by atoms with Crippen LogP contribution in [0.25, 0.3) is 11.1 Å². The molecule has 1 spiro atoms. The van der Waals surface area contributed by atoms with E-state index in [2.05, 4.69) is 24.4 Å². The predicted molar refractivity (Wildman–Crippen MR) is 192 cm³/mol. The molecule has 3 aliphatic rings. The average molecular weight is 727 g/mol. The van der Waals surface area contributed by atoms with Crippen LogP contribution < -0.4 is 10.1 Å². The number of aliphatic hydroxyl groups is 2. The number of nitrogens with zero attached hydrogens (tertiary/aromatic N) is 1. The third-order valence-corrected chi connectivity index (χ3v) is 15.0. The summed E-state index contributed by atoms with van der Waals surface area (Å²) in [5.41, 5.74) is 2.68. The van der Waals surface area contributed by atoms with Gasteiger partial charge in [0.15, 0.2) is 9.84 Å². The molecule has 2 aliphatic heterocycles. The van der Waals surface area contributed by atoms with Crippen molar-refractivity contribution in [2.75, 3.05) is 39.5 Å². The molecule has 10 nitrogen and oxygen atoms in total. The zero-order chi connectivity index (χ0) is 35.4. The molecule has 272 valence electrons. The Balaban J connectivity index is 0.965. The maximum absolute atomic E-state index is 13.7. The van der Waals surface area contributed by atoms with Gasteiger partial charge in [-0.15, -0.1) is 0 Å². The zero-order valence-electron chi connectivity index (χ0n) is 28.8. The standard InChI is InChI=1S/C38H50N2O8S2/c1-2-19-39-25-29-9-12-31(13-10-29)32-5-3-8-36(22-32)50(45,46)40-20-17-37(18-21-40)24-30(26-48-37)11-14-33(42)27-47-34-6-4-7-35(23-34)49(43,44)38(28-41)15-16-38/h3-10,12-13,22-23,30,33,39,41-42H,2,11,14-21,24-28H2,1H3/t30-,33-/m0/s1. The van der Waals surface area contributed by atoms with Gasteiger partial charge in [0.2, 0.25) is 10.0 Å². The lowest BCUT2D eigenvalue weighted by atomic mass is 9.84. The number of aliphatic hydroxyl groups excluding tert-OH is 2. The van der Waals surface area contributed by atoms with Crippen LogP contribution in [0.2, 0.25) is 0 Å². The molecule has 2 saturated heterocycles. The maximum Gasteiger partial charge on any atom is 0.243 e. The highest BCUT2D eigenvalue weighted by Gasteiger charge is 2.54. The minimum absolute atomic E-state index is 0.0310. The van der Waals surface area contributed by atoms with Gasteiger partial charge in [-0.05, 0) is 111 Å². The summed E-state index contributed by atoms with van der Waals surface area (Å²) in [6.45, 7) is 4.90. The quantitative estimate of drug-likeness (QED) is 0.175. The van der Waals surface area contributed by atoms with Crippen molar-refractivity contribution in [3.05, 3.63) is 78.4 Å². The number of sulfone groups is 1. The number of rotatable bonds is 16. The SMILES string of the molecule is CCCNCc1ccc(-c2cccc(S(=O)(=O)N3CCC4(CC3)C[C@H](CC[C@H](O)COc3cccc(S(=O)(=O)C5(CO)CC5)c3)CO4)c2)cc1. The lowest BCUT2D eigenvalue weighted by molar-refractivity contribution is -0.0314. The van der Waals surface area contributed by atoms with E-state index in [4.69, 9.17) is 9.47 Å². The van der Waals surface area contributed by atoms with Crippen molar-refractivity contribution in [3.63, 3.8) is 0 Å². The number of piperidine rings is 1. The van der Waals surface area contributed by atoms with Crippen molar-refractivity contribution < 1.29 is 36.5 Å². The van der Waals surface area contributed by atoms with E-state index in [1.54, 1.807) is 34.6 Å². The van der Waals surface area contributed by atoms with Gasteiger partial charge in [0.1, 0.15) is 12.4 Å². The molecule has 6 rings (SSSR count). The van der Waals surface area contributed by atoms with Crippen LogP contribution in [0.5, 0.6) is 5.75 Å². The second-order valence-electron chi connectivity index (χ2n) is 14.2. The van der Waals surface area contributed by atoms with Gasteiger partial charge in [0.05, 0.1) is 39.5 Å². The molecule has 3 aromatic rings. The molecule has 1 saturated carbocycles. The topological polar surface area (TPSA) is 142 Å². The van der Waals surface area contributed by atoms with E-state index in [0.29, 0.717) is 62.4 Å². The van der Waals surface area contributed by atoms with Crippen molar-refractivity contribution in [1.29, 1.82) is 0 Å². The van der Waals surface area contributed by atoms with Crippen LogP contribution in [-0.4, -0.2) is 87.3 Å². The normalized spacial score (nSPS) is 20.9. The molecule has 3 fully saturated rings. The molecule has 0 aromatic heterocycles. The molecule has 0 bridgehead atoms. The number of benzene rings is 3. The minimum atomic E-state index is -3.67. The van der Waals surface area contributed by atoms with E-state index in [0.717, 1.165) is 43.5 Å². The number of nitrogens with one attached hydrogen (secondary N) is 1. The Morgan fingerprint density at radius 3 is 2.36 bits per heavy atom. The van der Waals surface area contributed by atoms with Gasteiger partial charge in [-0.3, -0.25) is 0 Å². The van der Waals surface area contributed by atoms with Crippen LogP contribution in [-0.2, 0) is 31.1 Å². The monoisotopic (exact) mass is 726 g/mol. The number of hydrogen-bond donors (Lipinski definition) is 3. The van der Waals surface area contributed by atoms with Gasteiger partial charge in [-0.2, -0.15) is 4.31 Å². The van der Waals surface area contributed by atoms with Crippen LogP contribution >= 0.6 is 0 Å². The Labute approximate surface area is 296 Å². The Hall–Kier alpha value is -2.84. The van der Waals surface area contributed by atoms with Crippen molar-refractivity contribution >= 4 is 19.9 Å². The smallest absolute Gasteiger partial charge is 0.243 e. The van der Waals surface area contributed by atoms with Crippen molar-refractivity contribution in [2.24, 2.45) is 5.92 Å². The van der Waals surface area contributed by atoms with Crippen molar-refractivity contribution in [2.45, 2.75) is 91.1 Å². The van der Waals surface area contributed by atoms with Crippen molar-refractivity contribution in [3.8, 4) is 16.9 Å². The van der Waals surface area contributed by atoms with E-state index in [1.165, 1.54) is 17.7 Å². The molecule has 2 heterocycles. The fourth-order valence-electron chi connectivity index (χ4n) is 7.15. The van der Waals surface area contributed by atoms with Crippen molar-refractivity contribution in [1.82, 2.24) is 9.62 Å². The van der Waals surface area contributed by atoms with Crippen LogP contribution in [0.15, 0.2) is 82.6 Å². The molecule has 2 atom stereocenters. The average Bonchev–Trinajstić information content (AvgIpc) is 3.86. The molecule has 3 N–H and O–H groups in total. The Bertz CT molecular complexity index is 1820. The summed E-state index contributed by atoms with van der Waals surface area (Å²) in [6, 6.07) is 21.6. The van der Waals surface area contributed by atoms with E-state index < -0.39 is 37.3 Å². The third kappa shape index (κ3) is 8.12. The summed E-state index contributed by atoms with van der Waals surface area (Å²) in [6.07, 6.45) is 4.55. The molecule has 12 heteroatoms. The lowest BCUT2D eigenvalue weighted by Crippen LogP contribution is -2.46. The van der Waals surface area contributed by atoms with Crippen LogP contribution in [0.3, 0.4) is 0 Å². The van der Waals surface area contributed by atoms with Crippen LogP contribution in [0.4, 0.5) is 0 Å². The fraction of sp³-hybridized carbons (Fsp3) is 0.526. The largest absolute Gasteiger partial charge is 0.491 e. The summed E-state index contributed by atoms with van der Waals surface area (Å²) in [4.78, 5) is 0.417. The Kier molecular flexibility index (Phi) is 11.4. The molecular weight excluding hydrogens is 677 g/mol. The molecule has 50 heavy (non-hydrogen) atoms. The van der Waals surface area contributed by atoms with E-state index in [1.807, 2.05) is 18.2 Å². The summed E-state index contributed by atoms with van der Waals surface area (Å²) in [5, 5.41) is 23.7. The fourth-order valence-corrected chi connectivity index (χ4v) is 10.5. The van der Waals surface area contributed by atoms with Gasteiger partial charge in [0, 0.05) is 19.6 Å². The second kappa shape index (κ2) is 15.4. The maximum atomic E-state index is 13.7. The Morgan fingerprint density at radius 1 is 0.940 bits per heavy atom. The van der Waals surface area contributed by atoms with Crippen LogP contribution in [0, 0.1) is 5.92 Å². The zero-order valence-corrected chi connectivity index (χ0v) is 30.4. The van der Waals surface area contributed by atoms with E-state index in [9.17, 15) is 27.0 Å². The van der Waals surface area contributed by atoms with Gasteiger partial charge in [-0.25, -0.2) is 16.8 Å². The number of sulfonamides is 1. The molecular formula is C38H50N2O8S2. The third-order valence-electron chi connectivity index (χ3n) is 10.6. The molecule has 0 amide bonds. The summed E-state index contributed by atoms with van der Waals surface area (Å²) in [5.74, 6) is 0.611. The van der Waals surface area contributed by atoms with Gasteiger partial charge in [-0.1, -0.05) is 49.4 Å². The first-order valence-electron chi connectivity index (χ1n) is 17.8. The first kappa shape index (κ1) is 36.9. The van der Waals surface area contributed by atoms with Crippen LogP contribution in [0.1, 0.15) is 63.9 Å². The minimum Gasteiger partial charge on any atom is -0.491 e. The summed E-state index contributed by atoms with van der Waals surface area (Å²) < 4.78 is 65.8. The first-order valence-corrected chi connectivity index (χ1v) is 20.7. The molecule has 3 aromatic carbocycles. The first-order chi connectivity index (χ1) is 24.0. The summed E-state index contributed by atoms with van der Waals surface area (Å²) >= 11 is 0. The predicted octanol–water partition coefficient (Wildman–Crippen LogP) is 4.93. The highest BCUT2D eigenvalue weighted by Crippen LogP contribution is 2.46. The molecule has 1 aliphatic carbocycles. The number of ether oxygens (including phenoxy) is 2. The Morgan fingerprint density at radius 2 is 1.66 bits per heavy atom. The highest BCUT2D eigenvalue weighted by molar-refractivity contribution is 7.93.